The van der Waals surface area contributed by atoms with E-state index in [9.17, 15) is 26.2 Å². The molecule has 4 rings (SSSR count). The highest BCUT2D eigenvalue weighted by Crippen LogP contribution is 2.37. The number of nitrogens with zero attached hydrogens (tertiary/aromatic N) is 5. The molecule has 0 aromatic heterocycles. The molecule has 210 valence electrons. The fraction of sp³-hybridized carbons (Fsp3) is 0.200. The molecular weight excluding hydrogens is 601 g/mol. The van der Waals surface area contributed by atoms with Crippen LogP contribution in [0.25, 0.3) is 0 Å². The first-order valence-corrected chi connectivity index (χ1v) is 15.3. The summed E-state index contributed by atoms with van der Waals surface area (Å²) in [6.07, 6.45) is 0. The molecule has 3 aromatic carbocycles. The highest BCUT2D eigenvalue weighted by Gasteiger charge is 2.37. The molecule has 0 bridgehead atoms. The Labute approximate surface area is 241 Å². The zero-order chi connectivity index (χ0) is 29.4. The first-order valence-electron chi connectivity index (χ1n) is 11.7. The molecule has 11 nitrogen and oxygen atoms in total. The van der Waals surface area contributed by atoms with Crippen LogP contribution in [0.2, 0.25) is 10.0 Å². The Morgan fingerprint density at radius 2 is 1.65 bits per heavy atom. The van der Waals surface area contributed by atoms with Gasteiger partial charge in [-0.25, -0.2) is 8.42 Å². The Kier molecular flexibility index (Phi) is 8.33. The lowest BCUT2D eigenvalue weighted by Gasteiger charge is -2.23. The number of halogens is 2. The van der Waals surface area contributed by atoms with Crippen molar-refractivity contribution >= 4 is 72.0 Å². The number of sulfonamides is 1. The van der Waals surface area contributed by atoms with Gasteiger partial charge in [-0.1, -0.05) is 47.5 Å². The molecule has 15 heteroatoms. The minimum atomic E-state index is -4.66. The number of para-hydroxylation sites is 1. The summed E-state index contributed by atoms with van der Waals surface area (Å²) in [7, 11) is -8.72. The SMILES string of the molecule is CCN(c1ccccc1)S(=O)(=O)c1cc(C)ccc1N=NC1C(=O)N(c2cc(Cl)c(S(=O)(=O)O)cc2Cl)N=C1C. The number of benzene rings is 3. The van der Waals surface area contributed by atoms with E-state index in [0.29, 0.717) is 11.3 Å². The van der Waals surface area contributed by atoms with Crippen LogP contribution in [0, 0.1) is 6.92 Å². The standard InChI is InChI=1S/C25H23Cl2N5O6S2/c1-4-31(17-8-6-5-7-9-17)39(34,35)23-12-15(2)10-11-20(23)28-29-24-16(3)30-32(25(24)33)21-13-19(27)22(14-18(21)26)40(36,37)38/h5-14,24H,4H2,1-3H3,(H,36,37,38). The highest BCUT2D eigenvalue weighted by molar-refractivity contribution is 7.93. The van der Waals surface area contributed by atoms with Crippen molar-refractivity contribution in [1.82, 2.24) is 0 Å². The van der Waals surface area contributed by atoms with Gasteiger partial charge in [0, 0.05) is 6.54 Å². The van der Waals surface area contributed by atoms with Gasteiger partial charge in [-0.3, -0.25) is 13.7 Å². The fourth-order valence-electron chi connectivity index (χ4n) is 3.97. The Balaban J connectivity index is 1.69. The van der Waals surface area contributed by atoms with Crippen molar-refractivity contribution in [3.8, 4) is 0 Å². The third-order valence-electron chi connectivity index (χ3n) is 5.90. The summed E-state index contributed by atoms with van der Waals surface area (Å²) in [5, 5.41) is 12.7. The molecule has 0 aliphatic carbocycles. The summed E-state index contributed by atoms with van der Waals surface area (Å²) < 4.78 is 61.0. The van der Waals surface area contributed by atoms with Gasteiger partial charge in [0.25, 0.3) is 26.0 Å². The molecule has 0 radical (unpaired) electrons. The molecule has 0 saturated heterocycles. The van der Waals surface area contributed by atoms with Crippen molar-refractivity contribution in [3.63, 3.8) is 0 Å². The second-order valence-corrected chi connectivity index (χ2v) is 12.7. The number of rotatable bonds is 8. The van der Waals surface area contributed by atoms with E-state index in [2.05, 4.69) is 15.3 Å². The van der Waals surface area contributed by atoms with Crippen LogP contribution < -0.4 is 9.31 Å². The Morgan fingerprint density at radius 3 is 2.27 bits per heavy atom. The first kappa shape index (κ1) is 29.6. The van der Waals surface area contributed by atoms with Crippen molar-refractivity contribution in [2.75, 3.05) is 15.9 Å². The van der Waals surface area contributed by atoms with Gasteiger partial charge in [0.1, 0.15) is 15.5 Å². The minimum absolute atomic E-state index is 0.0256. The number of hydrogen-bond acceptors (Lipinski definition) is 8. The number of aryl methyl sites for hydroxylation is 1. The van der Waals surface area contributed by atoms with E-state index in [0.717, 1.165) is 17.1 Å². The molecule has 1 aliphatic heterocycles. The van der Waals surface area contributed by atoms with E-state index in [1.807, 2.05) is 0 Å². The van der Waals surface area contributed by atoms with E-state index in [-0.39, 0.29) is 38.6 Å². The number of carbonyl (C=O) groups is 1. The monoisotopic (exact) mass is 623 g/mol. The smallest absolute Gasteiger partial charge is 0.282 e. The maximum absolute atomic E-state index is 13.7. The summed E-state index contributed by atoms with van der Waals surface area (Å²) in [5.41, 5.74) is 1.37. The molecule has 0 saturated carbocycles. The lowest BCUT2D eigenvalue weighted by molar-refractivity contribution is -0.117. The van der Waals surface area contributed by atoms with E-state index in [1.165, 1.54) is 23.4 Å². The number of carbonyl (C=O) groups excluding carboxylic acids is 1. The van der Waals surface area contributed by atoms with Crippen LogP contribution in [-0.4, -0.2) is 45.6 Å². The second kappa shape index (κ2) is 11.3. The molecule has 3 aromatic rings. The quantitative estimate of drug-likeness (QED) is 0.253. The lowest BCUT2D eigenvalue weighted by Crippen LogP contribution is -2.31. The van der Waals surface area contributed by atoms with Crippen LogP contribution in [-0.2, 0) is 24.9 Å². The summed E-state index contributed by atoms with van der Waals surface area (Å²) >= 11 is 12.2. The number of azo groups is 1. The normalized spacial score (nSPS) is 16.1. The fourth-order valence-corrected chi connectivity index (χ4v) is 6.99. The number of hydrogen-bond donors (Lipinski definition) is 1. The highest BCUT2D eigenvalue weighted by atomic mass is 35.5. The van der Waals surface area contributed by atoms with Gasteiger partial charge in [-0.05, 0) is 62.7 Å². The third-order valence-corrected chi connectivity index (χ3v) is 9.45. The average molecular weight is 625 g/mol. The van der Waals surface area contributed by atoms with Gasteiger partial charge in [-0.2, -0.15) is 28.8 Å². The minimum Gasteiger partial charge on any atom is -0.282 e. The largest absolute Gasteiger partial charge is 0.296 e. The molecule has 1 heterocycles. The third kappa shape index (κ3) is 5.74. The maximum atomic E-state index is 13.7. The number of hydrazone groups is 1. The zero-order valence-corrected chi connectivity index (χ0v) is 24.5. The van der Waals surface area contributed by atoms with Gasteiger partial charge in [0.2, 0.25) is 0 Å². The molecule has 0 fully saturated rings. The molecular formula is C25H23Cl2N5O6S2. The van der Waals surface area contributed by atoms with Crippen LogP contribution in [0.3, 0.4) is 0 Å². The predicted molar refractivity (Wildman–Crippen MR) is 153 cm³/mol. The van der Waals surface area contributed by atoms with Crippen molar-refractivity contribution in [3.05, 3.63) is 76.3 Å². The lowest BCUT2D eigenvalue weighted by atomic mass is 10.2. The van der Waals surface area contributed by atoms with E-state index >= 15 is 0 Å². The van der Waals surface area contributed by atoms with Gasteiger partial charge < -0.3 is 0 Å². The molecule has 40 heavy (non-hydrogen) atoms. The Hall–Kier alpha value is -3.36. The van der Waals surface area contributed by atoms with Gasteiger partial charge >= 0.3 is 0 Å². The van der Waals surface area contributed by atoms with Crippen molar-refractivity contribution < 1.29 is 26.2 Å². The topological polar surface area (TPSA) is 149 Å². The first-order chi connectivity index (χ1) is 18.8. The van der Waals surface area contributed by atoms with Gasteiger partial charge in [0.15, 0.2) is 6.04 Å². The van der Waals surface area contributed by atoms with E-state index in [1.54, 1.807) is 50.2 Å². The van der Waals surface area contributed by atoms with Crippen LogP contribution in [0.4, 0.5) is 17.1 Å². The molecule has 1 amide bonds. The molecule has 0 spiro atoms. The Morgan fingerprint density at radius 1 is 0.975 bits per heavy atom. The average Bonchev–Trinajstić information content (AvgIpc) is 3.17. The zero-order valence-electron chi connectivity index (χ0n) is 21.4. The Bertz CT molecular complexity index is 1760. The van der Waals surface area contributed by atoms with E-state index < -0.39 is 37.0 Å². The van der Waals surface area contributed by atoms with Gasteiger partial charge in [0.05, 0.1) is 27.1 Å². The van der Waals surface area contributed by atoms with Crippen LogP contribution in [0.15, 0.2) is 85.8 Å². The number of amides is 1. The number of anilines is 2. The van der Waals surface area contributed by atoms with Crippen LogP contribution >= 0.6 is 23.2 Å². The molecule has 1 N–H and O–H groups in total. The molecule has 1 unspecified atom stereocenters. The molecule has 1 atom stereocenters. The van der Waals surface area contributed by atoms with Crippen molar-refractivity contribution in [2.24, 2.45) is 15.3 Å². The van der Waals surface area contributed by atoms with Gasteiger partial charge in [-0.15, -0.1) is 0 Å². The van der Waals surface area contributed by atoms with Crippen molar-refractivity contribution in [1.29, 1.82) is 0 Å². The summed E-state index contributed by atoms with van der Waals surface area (Å²) in [6.45, 7) is 5.15. The van der Waals surface area contributed by atoms with Crippen molar-refractivity contribution in [2.45, 2.75) is 36.6 Å². The summed E-state index contributed by atoms with van der Waals surface area (Å²) in [5.74, 6) is -0.685. The summed E-state index contributed by atoms with van der Waals surface area (Å²) in [4.78, 5) is 12.5. The second-order valence-electron chi connectivity index (χ2n) is 8.70. The maximum Gasteiger partial charge on any atom is 0.296 e. The predicted octanol–water partition coefficient (Wildman–Crippen LogP) is 5.64. The van der Waals surface area contributed by atoms with E-state index in [4.69, 9.17) is 23.2 Å². The molecule has 1 aliphatic rings. The summed E-state index contributed by atoms with van der Waals surface area (Å²) in [6, 6.07) is 14.0. The van der Waals surface area contributed by atoms with Crippen LogP contribution in [0.5, 0.6) is 0 Å². The van der Waals surface area contributed by atoms with Crippen LogP contribution in [0.1, 0.15) is 19.4 Å².